The molecule has 4 fully saturated rings. The molecule has 162 valence electrons. The minimum absolute atomic E-state index is 0.0371. The van der Waals surface area contributed by atoms with E-state index in [-0.39, 0.29) is 40.7 Å². The van der Waals surface area contributed by atoms with E-state index in [0.29, 0.717) is 6.42 Å². The number of ketones is 2. The third-order valence-corrected chi connectivity index (χ3v) is 9.35. The molecule has 3 saturated carbocycles. The first-order chi connectivity index (χ1) is 14.0. The average Bonchev–Trinajstić information content (AvgIpc) is 3.36. The summed E-state index contributed by atoms with van der Waals surface area (Å²) in [7, 11) is 0. The van der Waals surface area contributed by atoms with Crippen LogP contribution in [0.4, 0.5) is 0 Å². The highest BCUT2D eigenvalue weighted by molar-refractivity contribution is 6.01. The third kappa shape index (κ3) is 2.14. The number of fused-ring (bicyclic) bond motifs is 3. The summed E-state index contributed by atoms with van der Waals surface area (Å²) in [4.78, 5) is 36.3. The monoisotopic (exact) mass is 414 g/mol. The molecule has 5 rings (SSSR count). The number of hydrogen-bond donors (Lipinski definition) is 1. The van der Waals surface area contributed by atoms with Crippen LogP contribution < -0.4 is 0 Å². The summed E-state index contributed by atoms with van der Waals surface area (Å²) in [6.07, 6.45) is 8.43. The van der Waals surface area contributed by atoms with Gasteiger partial charge in [0, 0.05) is 17.8 Å². The van der Waals surface area contributed by atoms with Crippen LogP contribution in [0.15, 0.2) is 23.8 Å². The lowest BCUT2D eigenvalue weighted by atomic mass is 9.46. The molecule has 4 aliphatic carbocycles. The van der Waals surface area contributed by atoms with Gasteiger partial charge in [-0.3, -0.25) is 14.4 Å². The Labute approximate surface area is 176 Å². The number of esters is 1. The summed E-state index contributed by atoms with van der Waals surface area (Å²) < 4.78 is 11.4. The van der Waals surface area contributed by atoms with Gasteiger partial charge in [0.15, 0.2) is 12.4 Å². The van der Waals surface area contributed by atoms with Crippen LogP contribution in [-0.2, 0) is 23.9 Å². The lowest BCUT2D eigenvalue weighted by molar-refractivity contribution is -0.170. The molecular formula is C24H30O6. The fourth-order valence-corrected chi connectivity index (χ4v) is 7.85. The summed E-state index contributed by atoms with van der Waals surface area (Å²) in [5.41, 5.74) is -1.71. The molecule has 2 unspecified atom stereocenters. The van der Waals surface area contributed by atoms with Gasteiger partial charge in [-0.25, -0.2) is 0 Å². The van der Waals surface area contributed by atoms with Crippen molar-refractivity contribution in [2.45, 2.75) is 70.7 Å². The summed E-state index contributed by atoms with van der Waals surface area (Å²) in [6.45, 7) is 7.00. The van der Waals surface area contributed by atoms with E-state index in [4.69, 9.17) is 9.47 Å². The maximum atomic E-state index is 13.1. The Morgan fingerprint density at radius 2 is 2.03 bits per heavy atom. The Balaban J connectivity index is 1.52. The molecular weight excluding hydrogens is 384 g/mol. The molecule has 6 nitrogen and oxygen atoms in total. The molecule has 1 heterocycles. The Bertz CT molecular complexity index is 919. The Hall–Kier alpha value is -1.79. The summed E-state index contributed by atoms with van der Waals surface area (Å²) in [5.74, 6) is -0.783. The first-order valence-corrected chi connectivity index (χ1v) is 11.0. The number of carbonyl (C=O) groups is 3. The van der Waals surface area contributed by atoms with Crippen LogP contribution >= 0.6 is 0 Å². The Kier molecular flexibility index (Phi) is 3.97. The van der Waals surface area contributed by atoms with Crippen molar-refractivity contribution in [3.05, 3.63) is 23.8 Å². The maximum Gasteiger partial charge on any atom is 0.303 e. The highest BCUT2D eigenvalue weighted by atomic mass is 16.6. The molecule has 30 heavy (non-hydrogen) atoms. The van der Waals surface area contributed by atoms with Crippen LogP contribution in [0.5, 0.6) is 0 Å². The van der Waals surface area contributed by atoms with Crippen LogP contribution in [0.25, 0.3) is 0 Å². The molecule has 8 atom stereocenters. The van der Waals surface area contributed by atoms with Crippen LogP contribution in [0.2, 0.25) is 0 Å². The second-order valence-corrected chi connectivity index (χ2v) is 10.5. The molecule has 1 saturated heterocycles. The molecule has 0 aromatic carbocycles. The lowest BCUT2D eigenvalue weighted by Gasteiger charge is -2.55. The van der Waals surface area contributed by atoms with E-state index >= 15 is 0 Å². The molecule has 6 heteroatoms. The van der Waals surface area contributed by atoms with Gasteiger partial charge in [-0.1, -0.05) is 25.5 Å². The predicted octanol–water partition coefficient (Wildman–Crippen LogP) is 2.53. The fourth-order valence-electron chi connectivity index (χ4n) is 7.85. The van der Waals surface area contributed by atoms with E-state index in [0.717, 1.165) is 24.8 Å². The number of rotatable bonds is 3. The molecule has 1 aliphatic heterocycles. The number of allylic oxidation sites excluding steroid dienone is 2. The lowest BCUT2D eigenvalue weighted by Crippen LogP contribution is -2.62. The number of epoxide rings is 1. The maximum absolute atomic E-state index is 13.1. The van der Waals surface area contributed by atoms with E-state index in [1.54, 1.807) is 12.2 Å². The molecule has 5 aliphatic rings. The number of Topliss-reactive ketones (excluding diaryl/α,β-unsaturated/α-hetero) is 1. The molecule has 0 aromatic rings. The average molecular weight is 414 g/mol. The van der Waals surface area contributed by atoms with Gasteiger partial charge in [0.1, 0.15) is 11.2 Å². The zero-order chi connectivity index (χ0) is 21.7. The Morgan fingerprint density at radius 3 is 2.73 bits per heavy atom. The van der Waals surface area contributed by atoms with E-state index in [1.165, 1.54) is 6.92 Å². The van der Waals surface area contributed by atoms with Crippen LogP contribution in [0.1, 0.15) is 53.4 Å². The van der Waals surface area contributed by atoms with Crippen molar-refractivity contribution in [1.82, 2.24) is 0 Å². The van der Waals surface area contributed by atoms with Gasteiger partial charge in [-0.05, 0) is 62.5 Å². The van der Waals surface area contributed by atoms with Gasteiger partial charge >= 0.3 is 5.97 Å². The van der Waals surface area contributed by atoms with Gasteiger partial charge in [-0.15, -0.1) is 0 Å². The molecule has 1 spiro atoms. The van der Waals surface area contributed by atoms with Gasteiger partial charge in [0.2, 0.25) is 5.78 Å². The smallest absolute Gasteiger partial charge is 0.303 e. The highest BCUT2D eigenvalue weighted by Gasteiger charge is 2.81. The minimum Gasteiger partial charge on any atom is -0.458 e. The van der Waals surface area contributed by atoms with E-state index in [2.05, 4.69) is 6.92 Å². The number of aliphatic hydroxyl groups is 1. The number of carbonyl (C=O) groups excluding carboxylic acids is 3. The summed E-state index contributed by atoms with van der Waals surface area (Å²) in [6, 6.07) is 0. The van der Waals surface area contributed by atoms with E-state index in [9.17, 15) is 19.5 Å². The Morgan fingerprint density at radius 1 is 1.30 bits per heavy atom. The highest BCUT2D eigenvalue weighted by Crippen LogP contribution is 2.76. The zero-order valence-corrected chi connectivity index (χ0v) is 18.1. The molecule has 0 bridgehead atoms. The van der Waals surface area contributed by atoms with Crippen molar-refractivity contribution in [2.75, 3.05) is 6.61 Å². The zero-order valence-electron chi connectivity index (χ0n) is 18.1. The van der Waals surface area contributed by atoms with Gasteiger partial charge in [0.05, 0.1) is 6.10 Å². The predicted molar refractivity (Wildman–Crippen MR) is 107 cm³/mol. The normalized spacial score (nSPS) is 50.6. The standard InChI is InChI=1S/C24H30O6/c1-13-9-18-17-6-5-15-10-16(26)7-8-21(15,3)24(17)20(30-24)11-22(18,4)23(13,28)19(27)12-29-14(2)25/h7-8,10,13,17-18,20,28H,5-6,9,11-12H2,1-4H3/t13-,17?,18?,20-,21-,22-,23-,24+/m0/s1. The summed E-state index contributed by atoms with van der Waals surface area (Å²) >= 11 is 0. The fraction of sp³-hybridized carbons (Fsp3) is 0.708. The van der Waals surface area contributed by atoms with Crippen molar-refractivity contribution in [1.29, 1.82) is 0 Å². The summed E-state index contributed by atoms with van der Waals surface area (Å²) in [5, 5.41) is 11.8. The second-order valence-electron chi connectivity index (χ2n) is 10.5. The van der Waals surface area contributed by atoms with Gasteiger partial charge in [0.25, 0.3) is 0 Å². The van der Waals surface area contributed by atoms with Crippen LogP contribution in [0.3, 0.4) is 0 Å². The van der Waals surface area contributed by atoms with Crippen molar-refractivity contribution < 1.29 is 29.0 Å². The van der Waals surface area contributed by atoms with Crippen LogP contribution in [0, 0.1) is 28.6 Å². The first kappa shape index (κ1) is 20.1. The molecule has 0 aromatic heterocycles. The van der Waals surface area contributed by atoms with Crippen molar-refractivity contribution in [3.63, 3.8) is 0 Å². The van der Waals surface area contributed by atoms with Crippen molar-refractivity contribution >= 4 is 17.5 Å². The molecule has 0 radical (unpaired) electrons. The minimum atomic E-state index is -1.54. The molecule has 1 N–H and O–H groups in total. The van der Waals surface area contributed by atoms with Crippen LogP contribution in [-0.4, -0.2) is 46.6 Å². The first-order valence-electron chi connectivity index (χ1n) is 11.0. The van der Waals surface area contributed by atoms with Gasteiger partial charge < -0.3 is 14.6 Å². The number of hydrogen-bond acceptors (Lipinski definition) is 6. The second kappa shape index (κ2) is 5.92. The third-order valence-electron chi connectivity index (χ3n) is 9.35. The van der Waals surface area contributed by atoms with E-state index in [1.807, 2.05) is 19.9 Å². The molecule has 0 amide bonds. The largest absolute Gasteiger partial charge is 0.458 e. The van der Waals surface area contributed by atoms with Gasteiger partial charge in [-0.2, -0.15) is 0 Å². The van der Waals surface area contributed by atoms with Crippen molar-refractivity contribution in [3.8, 4) is 0 Å². The number of ether oxygens (including phenoxy) is 2. The van der Waals surface area contributed by atoms with E-state index < -0.39 is 29.4 Å². The van der Waals surface area contributed by atoms with Crippen molar-refractivity contribution in [2.24, 2.45) is 28.6 Å². The topological polar surface area (TPSA) is 93.2 Å². The quantitative estimate of drug-likeness (QED) is 0.564. The SMILES string of the molecule is CC(=O)OCC(=O)[C@@]1(O)[C@@H](C)CC2C3CCC4=CC(=O)C=C[C@]4(C)[C@@]34O[C@H]4C[C@@]21C.